The summed E-state index contributed by atoms with van der Waals surface area (Å²) >= 11 is 0. The Bertz CT molecular complexity index is 1170. The monoisotopic (exact) mass is 1060 g/mol. The van der Waals surface area contributed by atoms with E-state index in [0.717, 1.165) is 44.9 Å². The van der Waals surface area contributed by atoms with Gasteiger partial charge in [-0.3, -0.25) is 9.59 Å². The molecule has 0 aromatic rings. The zero-order valence-corrected chi connectivity index (χ0v) is 50.8. The number of rotatable bonds is 64. The van der Waals surface area contributed by atoms with E-state index < -0.39 is 12.1 Å². The van der Waals surface area contributed by atoms with Crippen LogP contribution >= 0.6 is 0 Å². The largest absolute Gasteiger partial charge is 0.466 e. The van der Waals surface area contributed by atoms with Crippen molar-refractivity contribution in [3.8, 4) is 0 Å². The fourth-order valence-electron chi connectivity index (χ4n) is 10.7. The number of unbranched alkanes of at least 4 members (excludes halogenated alkanes) is 51. The molecule has 0 saturated heterocycles. The summed E-state index contributed by atoms with van der Waals surface area (Å²) < 4.78 is 5.47. The first kappa shape index (κ1) is 73.3. The predicted molar refractivity (Wildman–Crippen MR) is 329 cm³/mol. The Morgan fingerprint density at radius 2 is 0.627 bits per heavy atom. The molecule has 0 aliphatic heterocycles. The van der Waals surface area contributed by atoms with Crippen LogP contribution in [0.15, 0.2) is 24.3 Å². The number of carbonyl (C=O) groups is 2. The molecule has 444 valence electrons. The third-order valence-corrected chi connectivity index (χ3v) is 16.0. The van der Waals surface area contributed by atoms with E-state index in [4.69, 9.17) is 4.74 Å². The fraction of sp³-hybridized carbons (Fsp3) is 0.913. The Morgan fingerprint density at radius 1 is 0.360 bits per heavy atom. The van der Waals surface area contributed by atoms with Crippen molar-refractivity contribution in [1.82, 2.24) is 5.32 Å². The van der Waals surface area contributed by atoms with Crippen LogP contribution in [0.3, 0.4) is 0 Å². The maximum atomic E-state index is 12.5. The second kappa shape index (κ2) is 64.9. The van der Waals surface area contributed by atoms with Gasteiger partial charge in [-0.05, 0) is 57.8 Å². The SMILES string of the molecule is CCCCC/C=C\CCCCCCCC(=O)OCCCCCCCCCCCCCCCCCCCCCCCCCCCC(=O)NC(CO)C(O)/C=C/CCCCCCCCCCCCCCCCCCCCC. The lowest BCUT2D eigenvalue weighted by Crippen LogP contribution is -2.45. The average molecular weight is 1060 g/mol. The highest BCUT2D eigenvalue weighted by Crippen LogP contribution is 2.19. The lowest BCUT2D eigenvalue weighted by Gasteiger charge is -2.20. The van der Waals surface area contributed by atoms with Gasteiger partial charge in [0.25, 0.3) is 0 Å². The van der Waals surface area contributed by atoms with E-state index in [0.29, 0.717) is 19.4 Å². The molecule has 0 spiro atoms. The zero-order valence-electron chi connectivity index (χ0n) is 50.8. The smallest absolute Gasteiger partial charge is 0.305 e. The van der Waals surface area contributed by atoms with E-state index >= 15 is 0 Å². The number of aliphatic hydroxyl groups excluding tert-OH is 2. The van der Waals surface area contributed by atoms with Crippen molar-refractivity contribution < 1.29 is 24.5 Å². The van der Waals surface area contributed by atoms with Crippen LogP contribution < -0.4 is 5.32 Å². The van der Waals surface area contributed by atoms with Gasteiger partial charge in [-0.1, -0.05) is 334 Å². The minimum Gasteiger partial charge on any atom is -0.466 e. The number of aliphatic hydroxyl groups is 2. The number of nitrogens with one attached hydrogen (secondary N) is 1. The first-order valence-corrected chi connectivity index (χ1v) is 34.1. The Morgan fingerprint density at radius 3 is 0.973 bits per heavy atom. The van der Waals surface area contributed by atoms with Crippen molar-refractivity contribution in [2.24, 2.45) is 0 Å². The summed E-state index contributed by atoms with van der Waals surface area (Å²) in [5.74, 6) is -0.0560. The van der Waals surface area contributed by atoms with Crippen LogP contribution in [0.1, 0.15) is 380 Å². The van der Waals surface area contributed by atoms with Gasteiger partial charge in [0.1, 0.15) is 0 Å². The number of ether oxygens (including phenoxy) is 1. The third kappa shape index (κ3) is 61.4. The number of esters is 1. The van der Waals surface area contributed by atoms with Crippen molar-refractivity contribution in [2.45, 2.75) is 392 Å². The standard InChI is InChI=1S/C69H133NO5/c1-3-5-7-9-11-13-15-17-18-19-20-26-29-32-35-38-41-45-49-53-57-61-67(72)66(65-71)70-68(73)62-58-54-50-46-42-39-36-33-30-27-24-22-21-23-25-28-31-34-37-40-44-48-52-56-60-64-75-69(74)63-59-55-51-47-43-16-14-12-10-8-6-4-2/h12,14,57,61,66-67,71-72H,3-11,13,15-56,58-60,62-65H2,1-2H3,(H,70,73)/b14-12-,61-57+. The molecule has 0 aliphatic carbocycles. The Balaban J connectivity index is 3.39. The average Bonchev–Trinajstić information content (AvgIpc) is 3.41. The molecule has 0 aromatic carbocycles. The molecular weight excluding hydrogens is 923 g/mol. The highest BCUT2D eigenvalue weighted by molar-refractivity contribution is 5.76. The van der Waals surface area contributed by atoms with Crippen molar-refractivity contribution in [3.63, 3.8) is 0 Å². The summed E-state index contributed by atoms with van der Waals surface area (Å²) in [6, 6.07) is -0.627. The van der Waals surface area contributed by atoms with Crippen LogP contribution in [0.25, 0.3) is 0 Å². The lowest BCUT2D eigenvalue weighted by atomic mass is 10.0. The summed E-state index contributed by atoms with van der Waals surface area (Å²) in [5, 5.41) is 23.2. The van der Waals surface area contributed by atoms with Crippen LogP contribution in [0.2, 0.25) is 0 Å². The molecule has 0 saturated carbocycles. The topological polar surface area (TPSA) is 95.9 Å². The molecule has 75 heavy (non-hydrogen) atoms. The van der Waals surface area contributed by atoms with E-state index in [1.165, 1.54) is 308 Å². The maximum Gasteiger partial charge on any atom is 0.305 e. The first-order chi connectivity index (χ1) is 37.0. The molecule has 6 heteroatoms. The minimum atomic E-state index is -0.844. The van der Waals surface area contributed by atoms with Gasteiger partial charge >= 0.3 is 5.97 Å². The van der Waals surface area contributed by atoms with Crippen LogP contribution in [0.5, 0.6) is 0 Å². The van der Waals surface area contributed by atoms with Gasteiger partial charge in [-0.15, -0.1) is 0 Å². The van der Waals surface area contributed by atoms with Gasteiger partial charge < -0.3 is 20.3 Å². The Kier molecular flexibility index (Phi) is 63.4. The molecule has 1 amide bonds. The quantitative estimate of drug-likeness (QED) is 0.0320. The van der Waals surface area contributed by atoms with Gasteiger partial charge in [-0.25, -0.2) is 0 Å². The molecule has 0 aliphatic rings. The number of carbonyl (C=O) groups excluding carboxylic acids is 2. The van der Waals surface area contributed by atoms with Gasteiger partial charge in [0.05, 0.1) is 25.4 Å². The van der Waals surface area contributed by atoms with Crippen LogP contribution in [-0.2, 0) is 14.3 Å². The number of hydrogen-bond acceptors (Lipinski definition) is 5. The van der Waals surface area contributed by atoms with Crippen molar-refractivity contribution in [2.75, 3.05) is 13.2 Å². The highest BCUT2D eigenvalue weighted by Gasteiger charge is 2.18. The molecule has 0 fully saturated rings. The third-order valence-electron chi connectivity index (χ3n) is 16.0. The van der Waals surface area contributed by atoms with Crippen LogP contribution in [0.4, 0.5) is 0 Å². The molecule has 3 N–H and O–H groups in total. The van der Waals surface area contributed by atoms with Gasteiger partial charge in [0.2, 0.25) is 5.91 Å². The summed E-state index contributed by atoms with van der Waals surface area (Å²) in [7, 11) is 0. The summed E-state index contributed by atoms with van der Waals surface area (Å²) in [5.41, 5.74) is 0. The molecule has 2 atom stereocenters. The zero-order chi connectivity index (χ0) is 54.3. The summed E-state index contributed by atoms with van der Waals surface area (Å²) in [6.45, 7) is 4.91. The normalized spacial score (nSPS) is 12.6. The minimum absolute atomic E-state index is 0.00641. The predicted octanol–water partition coefficient (Wildman–Crippen LogP) is 21.8. The first-order valence-electron chi connectivity index (χ1n) is 34.1. The second-order valence-electron chi connectivity index (χ2n) is 23.5. The fourth-order valence-corrected chi connectivity index (χ4v) is 10.7. The maximum absolute atomic E-state index is 12.5. The van der Waals surface area contributed by atoms with Crippen molar-refractivity contribution in [1.29, 1.82) is 0 Å². The Labute approximate surface area is 469 Å². The molecule has 0 aromatic heterocycles. The van der Waals surface area contributed by atoms with E-state index in [1.54, 1.807) is 6.08 Å². The highest BCUT2D eigenvalue weighted by atomic mass is 16.5. The van der Waals surface area contributed by atoms with E-state index in [-0.39, 0.29) is 18.5 Å². The van der Waals surface area contributed by atoms with Crippen LogP contribution in [0, 0.1) is 0 Å². The summed E-state index contributed by atoms with van der Waals surface area (Å²) in [6.07, 6.45) is 81.0. The lowest BCUT2D eigenvalue weighted by molar-refractivity contribution is -0.143. The van der Waals surface area contributed by atoms with Crippen molar-refractivity contribution >= 4 is 11.9 Å². The van der Waals surface area contributed by atoms with E-state index in [1.807, 2.05) is 6.08 Å². The van der Waals surface area contributed by atoms with Gasteiger partial charge in [0.15, 0.2) is 0 Å². The number of allylic oxidation sites excluding steroid dienone is 3. The Hall–Kier alpha value is -1.66. The molecular formula is C69H133NO5. The van der Waals surface area contributed by atoms with Gasteiger partial charge in [-0.2, -0.15) is 0 Å². The molecule has 0 heterocycles. The molecule has 0 radical (unpaired) electrons. The molecule has 6 nitrogen and oxygen atoms in total. The van der Waals surface area contributed by atoms with Crippen molar-refractivity contribution in [3.05, 3.63) is 24.3 Å². The van der Waals surface area contributed by atoms with E-state index in [9.17, 15) is 19.8 Å². The number of amides is 1. The second-order valence-corrected chi connectivity index (χ2v) is 23.5. The van der Waals surface area contributed by atoms with Crippen LogP contribution in [-0.4, -0.2) is 47.4 Å². The van der Waals surface area contributed by atoms with E-state index in [2.05, 4.69) is 31.3 Å². The number of hydrogen-bond donors (Lipinski definition) is 3. The summed E-state index contributed by atoms with van der Waals surface area (Å²) in [4.78, 5) is 24.5. The molecule has 0 rings (SSSR count). The molecule has 2 unspecified atom stereocenters. The molecule has 0 bridgehead atoms. The van der Waals surface area contributed by atoms with Gasteiger partial charge in [0, 0.05) is 12.8 Å².